The Hall–Kier alpha value is -3.31. The third-order valence-electron chi connectivity index (χ3n) is 6.73. The molecule has 12 heteroatoms. The number of benzene rings is 2. The normalized spacial score (nSPS) is 14.7. The molecule has 0 radical (unpaired) electrons. The summed E-state index contributed by atoms with van der Waals surface area (Å²) in [6.07, 6.45) is 1.24. The summed E-state index contributed by atoms with van der Waals surface area (Å²) in [6, 6.07) is 12.8. The largest absolute Gasteiger partial charge is 0.444 e. The maximum Gasteiger partial charge on any atom is 0.410 e. The van der Waals surface area contributed by atoms with Crippen molar-refractivity contribution in [2.45, 2.75) is 51.9 Å². The van der Waals surface area contributed by atoms with Gasteiger partial charge in [0, 0.05) is 30.9 Å². The molecule has 5 rings (SSSR count). The van der Waals surface area contributed by atoms with Gasteiger partial charge in [-0.15, -0.1) is 0 Å². The van der Waals surface area contributed by atoms with E-state index in [1.165, 1.54) is 6.26 Å². The van der Waals surface area contributed by atoms with Crippen molar-refractivity contribution in [1.29, 1.82) is 0 Å². The fraction of sp³-hybridized carbons (Fsp3) is 0.444. The van der Waals surface area contributed by atoms with Gasteiger partial charge < -0.3 is 14.2 Å². The van der Waals surface area contributed by atoms with Crippen molar-refractivity contribution in [2.24, 2.45) is 0 Å². The quantitative estimate of drug-likeness (QED) is 0.330. The Labute approximate surface area is 231 Å². The molecule has 0 atom stereocenters. The van der Waals surface area contributed by atoms with Crippen molar-refractivity contribution in [2.75, 3.05) is 25.1 Å². The number of hydrogen-bond donors (Lipinski definition) is 0. The van der Waals surface area contributed by atoms with Gasteiger partial charge in [-0.3, -0.25) is 9.13 Å². The third-order valence-corrected chi connectivity index (χ3v) is 8.00. The number of nitrogens with zero attached hydrogens (tertiary/aromatic N) is 5. The Bertz CT molecular complexity index is 1720. The second kappa shape index (κ2) is 10.0. The van der Waals surface area contributed by atoms with Gasteiger partial charge in [0.2, 0.25) is 0 Å². The van der Waals surface area contributed by atoms with Crippen LogP contribution in [0.2, 0.25) is 5.02 Å². The Morgan fingerprint density at radius 2 is 1.77 bits per heavy atom. The van der Waals surface area contributed by atoms with E-state index in [1.807, 2.05) is 55.7 Å². The number of fused-ring (bicyclic) bond motifs is 2. The summed E-state index contributed by atoms with van der Waals surface area (Å²) in [5.41, 5.74) is 2.25. The zero-order valence-corrected chi connectivity index (χ0v) is 24.0. The second-order valence-electron chi connectivity index (χ2n) is 11.1. The first-order valence-electron chi connectivity index (χ1n) is 12.8. The first-order chi connectivity index (χ1) is 18.3. The maximum absolute atomic E-state index is 13.8. The summed E-state index contributed by atoms with van der Waals surface area (Å²) < 4.78 is 34.3. The van der Waals surface area contributed by atoms with E-state index in [0.717, 1.165) is 16.6 Å². The number of sulfone groups is 1. The van der Waals surface area contributed by atoms with Crippen LogP contribution < -0.4 is 5.69 Å². The maximum atomic E-state index is 13.8. The Morgan fingerprint density at radius 3 is 2.44 bits per heavy atom. The van der Waals surface area contributed by atoms with Crippen LogP contribution in [0.4, 0.5) is 4.79 Å². The lowest BCUT2D eigenvalue weighted by molar-refractivity contribution is 0.00108. The molecule has 2 aromatic carbocycles. The van der Waals surface area contributed by atoms with Gasteiger partial charge in [-0.1, -0.05) is 23.7 Å². The van der Waals surface area contributed by atoms with E-state index in [9.17, 15) is 18.0 Å². The molecule has 0 aliphatic carbocycles. The van der Waals surface area contributed by atoms with Crippen molar-refractivity contribution in [1.82, 2.24) is 23.6 Å². The molecule has 10 nitrogen and oxygen atoms in total. The van der Waals surface area contributed by atoms with E-state index in [4.69, 9.17) is 21.3 Å². The predicted molar refractivity (Wildman–Crippen MR) is 151 cm³/mol. The fourth-order valence-corrected chi connectivity index (χ4v) is 5.80. The van der Waals surface area contributed by atoms with Gasteiger partial charge in [-0.25, -0.2) is 23.0 Å². The molecule has 4 aromatic rings. The second-order valence-corrected chi connectivity index (χ2v) is 13.8. The van der Waals surface area contributed by atoms with Crippen LogP contribution in [0.15, 0.2) is 47.3 Å². The van der Waals surface area contributed by atoms with Gasteiger partial charge >= 0.3 is 11.8 Å². The van der Waals surface area contributed by atoms with Crippen molar-refractivity contribution >= 4 is 49.6 Å². The number of para-hydroxylation sites is 2. The molecule has 0 spiro atoms. The van der Waals surface area contributed by atoms with Gasteiger partial charge in [0.1, 0.15) is 21.3 Å². The van der Waals surface area contributed by atoms with Crippen LogP contribution in [0.1, 0.15) is 39.1 Å². The topological polar surface area (TPSA) is 108 Å². The van der Waals surface area contributed by atoms with Crippen LogP contribution in [0.25, 0.3) is 22.1 Å². The lowest BCUT2D eigenvalue weighted by atomic mass is 10.1. The van der Waals surface area contributed by atoms with Crippen LogP contribution in [-0.4, -0.2) is 68.8 Å². The molecular formula is C27H32ClN5O5S. The number of imidazole rings is 2. The highest BCUT2D eigenvalue weighted by Crippen LogP contribution is 2.28. The standard InChI is InChI=1S/C27H32ClN5O5S/c1-27(2,3)38-26(35)30-15-19(16-30)33-23-9-6-5-8-22(23)32(25(33)34)17-24-29-20-14-18(28)10-11-21(20)31(24)12-7-13-39(4,36)37/h5-6,8-11,14,19H,7,12-13,15-17H2,1-4H3. The molecule has 1 saturated heterocycles. The lowest BCUT2D eigenvalue weighted by Crippen LogP contribution is -2.54. The Balaban J connectivity index is 1.48. The number of carbonyl (C=O) groups is 1. The van der Waals surface area contributed by atoms with Crippen molar-refractivity contribution in [3.05, 3.63) is 63.8 Å². The van der Waals surface area contributed by atoms with Gasteiger partial charge in [0.05, 0.1) is 40.4 Å². The van der Waals surface area contributed by atoms with Gasteiger partial charge in [-0.05, 0) is 57.5 Å². The molecular weight excluding hydrogens is 542 g/mol. The van der Waals surface area contributed by atoms with Crippen molar-refractivity contribution < 1.29 is 17.9 Å². The number of ether oxygens (including phenoxy) is 1. The summed E-state index contributed by atoms with van der Waals surface area (Å²) in [7, 11) is -3.12. The monoisotopic (exact) mass is 573 g/mol. The molecule has 0 N–H and O–H groups in total. The van der Waals surface area contributed by atoms with Gasteiger partial charge in [0.25, 0.3) is 0 Å². The summed E-state index contributed by atoms with van der Waals surface area (Å²) >= 11 is 6.21. The minimum Gasteiger partial charge on any atom is -0.444 e. The average Bonchev–Trinajstić information content (AvgIpc) is 3.26. The van der Waals surface area contributed by atoms with Crippen LogP contribution >= 0.6 is 11.6 Å². The number of carbonyl (C=O) groups excluding carboxylic acids is 1. The van der Waals surface area contributed by atoms with Crippen LogP contribution in [0.3, 0.4) is 0 Å². The van der Waals surface area contributed by atoms with E-state index in [1.54, 1.807) is 26.2 Å². The molecule has 1 amide bonds. The highest BCUT2D eigenvalue weighted by atomic mass is 35.5. The summed E-state index contributed by atoms with van der Waals surface area (Å²) in [6.45, 7) is 6.85. The van der Waals surface area contributed by atoms with Crippen LogP contribution in [0.5, 0.6) is 0 Å². The van der Waals surface area contributed by atoms with E-state index < -0.39 is 21.5 Å². The Morgan fingerprint density at radius 1 is 1.08 bits per heavy atom. The number of rotatable bonds is 7. The number of likely N-dealkylation sites (tertiary alicyclic amines) is 1. The average molecular weight is 574 g/mol. The SMILES string of the molecule is CC(C)(C)OC(=O)N1CC(n2c(=O)n(Cc3nc4cc(Cl)ccc4n3CCCS(C)(=O)=O)c3ccccc32)C1. The zero-order chi connectivity index (χ0) is 28.1. The minimum atomic E-state index is -3.12. The number of amides is 1. The summed E-state index contributed by atoms with van der Waals surface area (Å²) in [5, 5.41) is 0.545. The lowest BCUT2D eigenvalue weighted by Gasteiger charge is -2.40. The van der Waals surface area contributed by atoms with Crippen molar-refractivity contribution in [3.63, 3.8) is 0 Å². The molecule has 0 bridgehead atoms. The van der Waals surface area contributed by atoms with Crippen LogP contribution in [-0.2, 0) is 27.7 Å². The molecule has 2 aromatic heterocycles. The number of hydrogen-bond acceptors (Lipinski definition) is 6. The molecule has 1 fully saturated rings. The molecule has 1 aliphatic heterocycles. The number of aryl methyl sites for hydroxylation is 1. The van der Waals surface area contributed by atoms with E-state index in [-0.39, 0.29) is 24.0 Å². The first-order valence-corrected chi connectivity index (χ1v) is 15.2. The van der Waals surface area contributed by atoms with Crippen molar-refractivity contribution in [3.8, 4) is 0 Å². The number of aromatic nitrogens is 4. The van der Waals surface area contributed by atoms with Gasteiger partial charge in [-0.2, -0.15) is 0 Å². The molecule has 1 aliphatic rings. The van der Waals surface area contributed by atoms with Gasteiger partial charge in [0.15, 0.2) is 0 Å². The first kappa shape index (κ1) is 27.3. The molecule has 208 valence electrons. The smallest absolute Gasteiger partial charge is 0.410 e. The highest BCUT2D eigenvalue weighted by molar-refractivity contribution is 7.90. The molecule has 39 heavy (non-hydrogen) atoms. The van der Waals surface area contributed by atoms with E-state index >= 15 is 0 Å². The highest BCUT2D eigenvalue weighted by Gasteiger charge is 2.37. The fourth-order valence-electron chi connectivity index (χ4n) is 4.98. The molecule has 3 heterocycles. The Kier molecular flexibility index (Phi) is 7.00. The third kappa shape index (κ3) is 5.69. The zero-order valence-electron chi connectivity index (χ0n) is 22.4. The van der Waals surface area contributed by atoms with E-state index in [2.05, 4.69) is 0 Å². The summed E-state index contributed by atoms with van der Waals surface area (Å²) in [5.74, 6) is 0.684. The molecule has 0 unspecified atom stereocenters. The summed E-state index contributed by atoms with van der Waals surface area (Å²) in [4.78, 5) is 32.6. The number of halogens is 1. The minimum absolute atomic E-state index is 0.0504. The predicted octanol–water partition coefficient (Wildman–Crippen LogP) is 4.08. The van der Waals surface area contributed by atoms with E-state index in [0.29, 0.717) is 42.4 Å². The van der Waals surface area contributed by atoms with Crippen LogP contribution in [0, 0.1) is 0 Å². The molecule has 0 saturated carbocycles.